The van der Waals surface area contributed by atoms with E-state index < -0.39 is 0 Å². The molecule has 1 saturated carbocycles. The minimum atomic E-state index is 0.0683. The van der Waals surface area contributed by atoms with Crippen molar-refractivity contribution in [1.29, 1.82) is 0 Å². The molecular weight excluding hydrogens is 236 g/mol. The van der Waals surface area contributed by atoms with Crippen molar-refractivity contribution in [2.75, 3.05) is 0 Å². The molecule has 2 atom stereocenters. The molecule has 0 spiro atoms. The lowest BCUT2D eigenvalue weighted by molar-refractivity contribution is 0.0555. The highest BCUT2D eigenvalue weighted by Gasteiger charge is 2.33. The number of Topliss-reactive ketones (excluding diaryl/α,β-unsaturated/α-hetero) is 1. The van der Waals surface area contributed by atoms with Gasteiger partial charge in [0.1, 0.15) is 5.75 Å². The Kier molecular flexibility index (Phi) is 3.98. The quantitative estimate of drug-likeness (QED) is 0.749. The third-order valence-corrected chi connectivity index (χ3v) is 3.91. The predicted octanol–water partition coefficient (Wildman–Crippen LogP) is 4.48. The molecule has 2 heteroatoms. The summed E-state index contributed by atoms with van der Waals surface area (Å²) < 4.78 is 6.13. The normalized spacial score (nSPS) is 25.9. The topological polar surface area (TPSA) is 26.3 Å². The van der Waals surface area contributed by atoms with Gasteiger partial charge >= 0.3 is 0 Å². The van der Waals surface area contributed by atoms with Gasteiger partial charge in [-0.1, -0.05) is 32.9 Å². The zero-order valence-electron chi connectivity index (χ0n) is 12.4. The van der Waals surface area contributed by atoms with Crippen molar-refractivity contribution in [1.82, 2.24) is 0 Å². The molecule has 0 radical (unpaired) electrons. The summed E-state index contributed by atoms with van der Waals surface area (Å²) in [5.74, 6) is 1.49. The molecule has 1 aromatic carbocycles. The van der Waals surface area contributed by atoms with Crippen LogP contribution in [0.2, 0.25) is 0 Å². The van der Waals surface area contributed by atoms with Crippen molar-refractivity contribution >= 4 is 5.78 Å². The maximum absolute atomic E-state index is 11.6. The minimum absolute atomic E-state index is 0.0683. The van der Waals surface area contributed by atoms with Gasteiger partial charge in [0.2, 0.25) is 0 Å². The van der Waals surface area contributed by atoms with Gasteiger partial charge in [-0.25, -0.2) is 0 Å². The summed E-state index contributed by atoms with van der Waals surface area (Å²) in [5.41, 5.74) is 1.02. The highest BCUT2D eigenvalue weighted by atomic mass is 16.5. The first-order chi connectivity index (χ1) is 8.87. The summed E-state index contributed by atoms with van der Waals surface area (Å²) in [5, 5.41) is 0. The van der Waals surface area contributed by atoms with Gasteiger partial charge in [-0.05, 0) is 49.7 Å². The number of benzene rings is 1. The molecule has 1 aromatic rings. The Morgan fingerprint density at radius 3 is 2.58 bits per heavy atom. The van der Waals surface area contributed by atoms with Gasteiger partial charge in [0.15, 0.2) is 5.78 Å². The summed E-state index contributed by atoms with van der Waals surface area (Å²) in [6.45, 7) is 8.48. The average molecular weight is 260 g/mol. The number of carbonyl (C=O) groups is 1. The number of hydrogen-bond donors (Lipinski definition) is 0. The third-order valence-electron chi connectivity index (χ3n) is 3.91. The Balaban J connectivity index is 2.15. The first-order valence-electron chi connectivity index (χ1n) is 7.14. The zero-order valence-corrected chi connectivity index (χ0v) is 12.4. The van der Waals surface area contributed by atoms with Crippen molar-refractivity contribution in [3.05, 3.63) is 29.8 Å². The summed E-state index contributed by atoms with van der Waals surface area (Å²) in [6.07, 6.45) is 3.61. The highest BCUT2D eigenvalue weighted by molar-refractivity contribution is 5.96. The molecule has 1 aliphatic carbocycles. The fraction of sp³-hybridized carbons (Fsp3) is 0.588. The van der Waals surface area contributed by atoms with Crippen LogP contribution in [0.5, 0.6) is 5.75 Å². The van der Waals surface area contributed by atoms with Crippen LogP contribution in [-0.4, -0.2) is 11.9 Å². The van der Waals surface area contributed by atoms with Crippen molar-refractivity contribution in [3.63, 3.8) is 0 Å². The molecule has 0 aromatic heterocycles. The third kappa shape index (κ3) is 3.59. The lowest BCUT2D eigenvalue weighted by Crippen LogP contribution is -2.34. The lowest BCUT2D eigenvalue weighted by Gasteiger charge is -2.39. The summed E-state index contributed by atoms with van der Waals surface area (Å²) in [4.78, 5) is 11.6. The molecule has 1 fully saturated rings. The van der Waals surface area contributed by atoms with Gasteiger partial charge in [-0.2, -0.15) is 0 Å². The van der Waals surface area contributed by atoms with Crippen LogP contribution in [0.1, 0.15) is 57.3 Å². The first kappa shape index (κ1) is 14.1. The maximum Gasteiger partial charge on any atom is 0.163 e. The van der Waals surface area contributed by atoms with Crippen molar-refractivity contribution in [3.8, 4) is 5.75 Å². The van der Waals surface area contributed by atoms with Crippen LogP contribution in [0.15, 0.2) is 24.3 Å². The molecular formula is C17H24O2. The fourth-order valence-electron chi connectivity index (χ4n) is 3.39. The predicted molar refractivity (Wildman–Crippen MR) is 77.7 cm³/mol. The highest BCUT2D eigenvalue weighted by Crippen LogP contribution is 2.40. The lowest BCUT2D eigenvalue weighted by atomic mass is 9.71. The molecule has 0 bridgehead atoms. The summed E-state index contributed by atoms with van der Waals surface area (Å²) in [7, 11) is 0. The van der Waals surface area contributed by atoms with Crippen LogP contribution in [0.4, 0.5) is 0 Å². The summed E-state index contributed by atoms with van der Waals surface area (Å²) >= 11 is 0. The molecule has 0 saturated heterocycles. The zero-order chi connectivity index (χ0) is 14.0. The van der Waals surface area contributed by atoms with Gasteiger partial charge in [-0.15, -0.1) is 0 Å². The summed E-state index contributed by atoms with van der Waals surface area (Å²) in [6, 6.07) is 7.56. The Bertz CT molecular complexity index is 462. The molecule has 2 unspecified atom stereocenters. The fourth-order valence-corrected chi connectivity index (χ4v) is 3.39. The van der Waals surface area contributed by atoms with E-state index in [1.54, 1.807) is 6.92 Å². The molecule has 2 nitrogen and oxygen atoms in total. The number of para-hydroxylation sites is 1. The second-order valence-corrected chi connectivity index (χ2v) is 6.71. The van der Waals surface area contributed by atoms with Gasteiger partial charge in [0.25, 0.3) is 0 Å². The van der Waals surface area contributed by atoms with E-state index in [4.69, 9.17) is 4.74 Å². The maximum atomic E-state index is 11.6. The van der Waals surface area contributed by atoms with Crippen molar-refractivity contribution in [2.45, 2.75) is 53.1 Å². The Morgan fingerprint density at radius 2 is 1.95 bits per heavy atom. The molecule has 0 aliphatic heterocycles. The van der Waals surface area contributed by atoms with Gasteiger partial charge < -0.3 is 4.74 Å². The number of ether oxygens (including phenoxy) is 1. The van der Waals surface area contributed by atoms with Crippen LogP contribution < -0.4 is 4.74 Å². The Hall–Kier alpha value is -1.31. The van der Waals surface area contributed by atoms with Gasteiger partial charge in [-0.3, -0.25) is 4.79 Å². The van der Waals surface area contributed by atoms with Crippen molar-refractivity contribution in [2.24, 2.45) is 11.3 Å². The average Bonchev–Trinajstić information content (AvgIpc) is 2.26. The van der Waals surface area contributed by atoms with E-state index in [9.17, 15) is 4.79 Å². The second-order valence-electron chi connectivity index (χ2n) is 6.71. The van der Waals surface area contributed by atoms with E-state index in [2.05, 4.69) is 20.8 Å². The Labute approximate surface area is 116 Å². The van der Waals surface area contributed by atoms with E-state index in [0.717, 1.165) is 18.6 Å². The number of ketones is 1. The van der Waals surface area contributed by atoms with E-state index in [0.29, 0.717) is 16.9 Å². The van der Waals surface area contributed by atoms with Gasteiger partial charge in [0.05, 0.1) is 11.7 Å². The number of rotatable bonds is 3. The molecule has 0 heterocycles. The van der Waals surface area contributed by atoms with Gasteiger partial charge in [0, 0.05) is 0 Å². The van der Waals surface area contributed by atoms with Crippen LogP contribution in [0, 0.1) is 11.3 Å². The van der Waals surface area contributed by atoms with Crippen LogP contribution in [0.25, 0.3) is 0 Å². The SMILES string of the molecule is CC(=O)c1ccccc1OC1CC(C)CC(C)(C)C1. The smallest absolute Gasteiger partial charge is 0.163 e. The van der Waals surface area contributed by atoms with Crippen LogP contribution in [-0.2, 0) is 0 Å². The minimum Gasteiger partial charge on any atom is -0.490 e. The molecule has 104 valence electrons. The number of carbonyl (C=O) groups excluding carboxylic acids is 1. The number of hydrogen-bond acceptors (Lipinski definition) is 2. The monoisotopic (exact) mass is 260 g/mol. The second kappa shape index (κ2) is 5.36. The molecule has 0 N–H and O–H groups in total. The van der Waals surface area contributed by atoms with E-state index in [-0.39, 0.29) is 11.9 Å². The van der Waals surface area contributed by atoms with Crippen LogP contribution in [0.3, 0.4) is 0 Å². The molecule has 1 aliphatic rings. The van der Waals surface area contributed by atoms with Crippen molar-refractivity contribution < 1.29 is 9.53 Å². The Morgan fingerprint density at radius 1 is 1.26 bits per heavy atom. The standard InChI is InChI=1S/C17H24O2/c1-12-9-14(11-17(3,4)10-12)19-16-8-6-5-7-15(16)13(2)18/h5-8,12,14H,9-11H2,1-4H3. The molecule has 19 heavy (non-hydrogen) atoms. The van der Waals surface area contributed by atoms with E-state index >= 15 is 0 Å². The van der Waals surface area contributed by atoms with E-state index in [1.165, 1.54) is 6.42 Å². The largest absolute Gasteiger partial charge is 0.490 e. The molecule has 2 rings (SSSR count). The van der Waals surface area contributed by atoms with E-state index in [1.807, 2.05) is 24.3 Å². The van der Waals surface area contributed by atoms with Crippen LogP contribution >= 0.6 is 0 Å². The first-order valence-corrected chi connectivity index (χ1v) is 7.14. The molecule has 0 amide bonds.